The van der Waals surface area contributed by atoms with Gasteiger partial charge in [0.25, 0.3) is 11.9 Å². The second-order valence-corrected chi connectivity index (χ2v) is 5.79. The molecule has 0 aliphatic rings. The molecule has 0 bridgehead atoms. The molecule has 2 aromatic heterocycles. The molecule has 0 fully saturated rings. The lowest BCUT2D eigenvalue weighted by Crippen LogP contribution is -2.18. The molecule has 3 rings (SSSR count). The van der Waals surface area contributed by atoms with Gasteiger partial charge < -0.3 is 5.11 Å². The van der Waals surface area contributed by atoms with Crippen molar-refractivity contribution in [2.45, 2.75) is 20.8 Å². The van der Waals surface area contributed by atoms with Crippen molar-refractivity contribution in [3.05, 3.63) is 64.7 Å². The Morgan fingerprint density at radius 2 is 1.85 bits per heavy atom. The number of amides is 1. The van der Waals surface area contributed by atoms with E-state index < -0.39 is 5.91 Å². The predicted molar refractivity (Wildman–Crippen MR) is 96.5 cm³/mol. The minimum Gasteiger partial charge on any atom is -0.507 e. The quantitative estimate of drug-likeness (QED) is 0.553. The molecule has 0 unspecified atom stereocenters. The van der Waals surface area contributed by atoms with Gasteiger partial charge in [-0.05, 0) is 45.0 Å². The van der Waals surface area contributed by atoms with Gasteiger partial charge in [0.05, 0.1) is 6.21 Å². The molecular formula is C18H18N6O2. The summed E-state index contributed by atoms with van der Waals surface area (Å²) in [5, 5.41) is 17.8. The predicted octanol–water partition coefficient (Wildman–Crippen LogP) is 2.06. The molecule has 26 heavy (non-hydrogen) atoms. The van der Waals surface area contributed by atoms with Gasteiger partial charge in [0.15, 0.2) is 5.69 Å². The van der Waals surface area contributed by atoms with Crippen LogP contribution in [0, 0.1) is 20.8 Å². The van der Waals surface area contributed by atoms with Crippen LogP contribution in [0.2, 0.25) is 0 Å². The Morgan fingerprint density at radius 1 is 1.15 bits per heavy atom. The van der Waals surface area contributed by atoms with Crippen molar-refractivity contribution >= 4 is 12.1 Å². The van der Waals surface area contributed by atoms with Gasteiger partial charge in [0, 0.05) is 22.6 Å². The number of phenols is 1. The number of nitrogens with one attached hydrogen (secondary N) is 1. The third kappa shape index (κ3) is 3.75. The Labute approximate surface area is 150 Å². The highest BCUT2D eigenvalue weighted by molar-refractivity contribution is 5.93. The molecule has 1 amide bonds. The monoisotopic (exact) mass is 350 g/mol. The number of benzene rings is 1. The fourth-order valence-electron chi connectivity index (χ4n) is 2.40. The van der Waals surface area contributed by atoms with Crippen LogP contribution in [0.25, 0.3) is 5.95 Å². The SMILES string of the molecule is Cc1cc(C)nc(-n2nc(C(=O)N/N=C/c3ccccc3O)cc2C)n1. The van der Waals surface area contributed by atoms with Crippen LogP contribution in [0.1, 0.15) is 33.1 Å². The van der Waals surface area contributed by atoms with Crippen molar-refractivity contribution in [2.24, 2.45) is 5.10 Å². The van der Waals surface area contributed by atoms with Crippen molar-refractivity contribution in [3.8, 4) is 11.7 Å². The number of para-hydroxylation sites is 1. The third-order valence-corrected chi connectivity index (χ3v) is 3.59. The molecule has 0 atom stereocenters. The van der Waals surface area contributed by atoms with Gasteiger partial charge in [-0.3, -0.25) is 4.79 Å². The van der Waals surface area contributed by atoms with E-state index in [2.05, 4.69) is 25.6 Å². The van der Waals surface area contributed by atoms with E-state index in [0.29, 0.717) is 11.5 Å². The lowest BCUT2D eigenvalue weighted by molar-refractivity contribution is 0.0949. The Bertz CT molecular complexity index is 973. The third-order valence-electron chi connectivity index (χ3n) is 3.59. The van der Waals surface area contributed by atoms with E-state index in [9.17, 15) is 9.90 Å². The van der Waals surface area contributed by atoms with Crippen molar-refractivity contribution < 1.29 is 9.90 Å². The lowest BCUT2D eigenvalue weighted by Gasteiger charge is -2.04. The van der Waals surface area contributed by atoms with Gasteiger partial charge in [0.1, 0.15) is 5.75 Å². The van der Waals surface area contributed by atoms with Crippen LogP contribution in [0.3, 0.4) is 0 Å². The molecule has 132 valence electrons. The molecule has 1 aromatic carbocycles. The van der Waals surface area contributed by atoms with Crippen molar-refractivity contribution in [1.29, 1.82) is 0 Å². The van der Waals surface area contributed by atoms with E-state index >= 15 is 0 Å². The van der Waals surface area contributed by atoms with Crippen LogP contribution in [-0.2, 0) is 0 Å². The van der Waals surface area contributed by atoms with Crippen LogP contribution >= 0.6 is 0 Å². The zero-order valence-electron chi connectivity index (χ0n) is 14.6. The van der Waals surface area contributed by atoms with Crippen LogP contribution in [0.4, 0.5) is 0 Å². The zero-order valence-corrected chi connectivity index (χ0v) is 14.6. The summed E-state index contributed by atoms with van der Waals surface area (Å²) >= 11 is 0. The lowest BCUT2D eigenvalue weighted by atomic mass is 10.2. The first kappa shape index (κ1) is 17.3. The Morgan fingerprint density at radius 3 is 2.54 bits per heavy atom. The first-order valence-corrected chi connectivity index (χ1v) is 7.95. The average molecular weight is 350 g/mol. The highest BCUT2D eigenvalue weighted by Crippen LogP contribution is 2.13. The fraction of sp³-hybridized carbons (Fsp3) is 0.167. The van der Waals surface area contributed by atoms with Crippen LogP contribution in [0.15, 0.2) is 41.5 Å². The highest BCUT2D eigenvalue weighted by atomic mass is 16.3. The fourth-order valence-corrected chi connectivity index (χ4v) is 2.40. The molecule has 0 saturated carbocycles. The second kappa shape index (κ2) is 7.14. The van der Waals surface area contributed by atoms with Gasteiger partial charge in [-0.1, -0.05) is 12.1 Å². The molecular weight excluding hydrogens is 332 g/mol. The van der Waals surface area contributed by atoms with E-state index in [1.807, 2.05) is 26.8 Å². The van der Waals surface area contributed by atoms with E-state index in [-0.39, 0.29) is 11.4 Å². The number of nitrogens with zero attached hydrogens (tertiary/aromatic N) is 5. The van der Waals surface area contributed by atoms with Crippen molar-refractivity contribution in [1.82, 2.24) is 25.2 Å². The molecule has 8 nitrogen and oxygen atoms in total. The summed E-state index contributed by atoms with van der Waals surface area (Å²) in [7, 11) is 0. The number of rotatable bonds is 4. The Hall–Kier alpha value is -3.55. The van der Waals surface area contributed by atoms with E-state index in [1.165, 1.54) is 17.0 Å². The summed E-state index contributed by atoms with van der Waals surface area (Å²) in [5.74, 6) is 0.0252. The summed E-state index contributed by atoms with van der Waals surface area (Å²) in [4.78, 5) is 20.9. The number of aryl methyl sites for hydroxylation is 3. The maximum atomic E-state index is 12.2. The van der Waals surface area contributed by atoms with Crippen molar-refractivity contribution in [2.75, 3.05) is 0 Å². The van der Waals surface area contributed by atoms with Crippen molar-refractivity contribution in [3.63, 3.8) is 0 Å². The molecule has 2 heterocycles. The number of aromatic nitrogens is 4. The van der Waals surface area contributed by atoms with Gasteiger partial charge in [0.2, 0.25) is 0 Å². The minimum atomic E-state index is -0.470. The number of phenolic OH excluding ortho intramolecular Hbond substituents is 1. The number of aromatic hydroxyl groups is 1. The normalized spacial score (nSPS) is 11.0. The first-order chi connectivity index (χ1) is 12.4. The van der Waals surface area contributed by atoms with Gasteiger partial charge in [-0.25, -0.2) is 20.1 Å². The minimum absolute atomic E-state index is 0.0811. The summed E-state index contributed by atoms with van der Waals surface area (Å²) < 4.78 is 1.52. The Kier molecular flexibility index (Phi) is 4.74. The summed E-state index contributed by atoms with van der Waals surface area (Å²) in [6.07, 6.45) is 1.37. The van der Waals surface area contributed by atoms with Gasteiger partial charge in [-0.15, -0.1) is 0 Å². The molecule has 8 heteroatoms. The van der Waals surface area contributed by atoms with E-state index in [4.69, 9.17) is 0 Å². The molecule has 3 aromatic rings. The molecule has 0 saturated heterocycles. The standard InChI is InChI=1S/C18H18N6O2/c1-11-8-12(2)21-18(20-11)24-13(3)9-15(23-24)17(26)22-19-10-14-6-4-5-7-16(14)25/h4-10,25H,1-3H3,(H,22,26)/b19-10+. The largest absolute Gasteiger partial charge is 0.507 e. The smallest absolute Gasteiger partial charge is 0.291 e. The second-order valence-electron chi connectivity index (χ2n) is 5.79. The van der Waals surface area contributed by atoms with E-state index in [1.54, 1.807) is 24.3 Å². The average Bonchev–Trinajstić information content (AvgIpc) is 2.97. The maximum absolute atomic E-state index is 12.2. The number of carbonyl (C=O) groups excluding carboxylic acids is 1. The molecule has 0 aliphatic heterocycles. The maximum Gasteiger partial charge on any atom is 0.291 e. The molecule has 0 spiro atoms. The summed E-state index contributed by atoms with van der Waals surface area (Å²) in [5.41, 5.74) is 5.45. The number of hydrogen-bond donors (Lipinski definition) is 2. The van der Waals surface area contributed by atoms with Crippen LogP contribution < -0.4 is 5.43 Å². The Balaban J connectivity index is 1.78. The zero-order chi connectivity index (χ0) is 18.7. The van der Waals surface area contributed by atoms with E-state index in [0.717, 1.165) is 17.1 Å². The van der Waals surface area contributed by atoms with Crippen LogP contribution in [0.5, 0.6) is 5.75 Å². The first-order valence-electron chi connectivity index (χ1n) is 7.95. The van der Waals surface area contributed by atoms with Gasteiger partial charge in [-0.2, -0.15) is 10.2 Å². The topological polar surface area (TPSA) is 105 Å². The highest BCUT2D eigenvalue weighted by Gasteiger charge is 2.14. The van der Waals surface area contributed by atoms with Gasteiger partial charge >= 0.3 is 0 Å². The number of hydrogen-bond acceptors (Lipinski definition) is 6. The summed E-state index contributed by atoms with van der Waals surface area (Å²) in [6, 6.07) is 10.2. The molecule has 2 N–H and O–H groups in total. The summed E-state index contributed by atoms with van der Waals surface area (Å²) in [6.45, 7) is 5.56. The molecule has 0 aliphatic carbocycles. The van der Waals surface area contributed by atoms with Crippen LogP contribution in [-0.4, -0.2) is 37.0 Å². The number of hydrazone groups is 1. The number of carbonyl (C=O) groups is 1. The molecule has 0 radical (unpaired) electrons.